The molecule has 0 spiro atoms. The van der Waals surface area contributed by atoms with Gasteiger partial charge < -0.3 is 20.4 Å². The third-order valence-corrected chi connectivity index (χ3v) is 6.80. The number of primary sulfonamides is 1. The van der Waals surface area contributed by atoms with E-state index in [9.17, 15) is 17.6 Å². The van der Waals surface area contributed by atoms with E-state index in [1.54, 1.807) is 17.0 Å². The van der Waals surface area contributed by atoms with E-state index in [2.05, 4.69) is 4.90 Å². The summed E-state index contributed by atoms with van der Waals surface area (Å²) >= 11 is 0. The molecule has 1 amide bonds. The van der Waals surface area contributed by atoms with Gasteiger partial charge in [0.15, 0.2) is 0 Å². The van der Waals surface area contributed by atoms with Crippen LogP contribution in [0.5, 0.6) is 0 Å². The average molecular weight is 448 g/mol. The lowest BCUT2D eigenvalue weighted by Crippen LogP contribution is -2.49. The Kier molecular flexibility index (Phi) is 5.76. The van der Waals surface area contributed by atoms with Crippen LogP contribution < -0.4 is 20.7 Å². The van der Waals surface area contributed by atoms with Crippen LogP contribution >= 0.6 is 0 Å². The van der Waals surface area contributed by atoms with Gasteiger partial charge in [-0.3, -0.25) is 4.79 Å². The fourth-order valence-electron chi connectivity index (χ4n) is 4.15. The van der Waals surface area contributed by atoms with Crippen molar-refractivity contribution in [1.82, 2.24) is 4.90 Å². The average Bonchev–Trinajstić information content (AvgIpc) is 3.29. The summed E-state index contributed by atoms with van der Waals surface area (Å²) in [6, 6.07) is 9.19. The molecule has 31 heavy (non-hydrogen) atoms. The summed E-state index contributed by atoms with van der Waals surface area (Å²) in [5, 5.41) is 5.30. The van der Waals surface area contributed by atoms with Gasteiger partial charge in [0.2, 0.25) is 10.0 Å². The number of halogens is 1. The lowest BCUT2D eigenvalue weighted by molar-refractivity contribution is 0.0747. The number of rotatable bonds is 4. The van der Waals surface area contributed by atoms with E-state index in [0.717, 1.165) is 31.6 Å². The van der Waals surface area contributed by atoms with Crippen LogP contribution in [-0.2, 0) is 10.0 Å². The second-order valence-corrected chi connectivity index (χ2v) is 9.46. The first-order chi connectivity index (χ1) is 14.7. The van der Waals surface area contributed by atoms with E-state index in [4.69, 9.17) is 10.9 Å². The number of carbonyl (C=O) groups is 1. The molecular formula is C21H26FN5O3S. The molecule has 2 saturated heterocycles. The Balaban J connectivity index is 1.55. The molecule has 0 atom stereocenters. The smallest absolute Gasteiger partial charge is 0.256 e. The van der Waals surface area contributed by atoms with Crippen LogP contribution in [0.4, 0.5) is 21.5 Å². The van der Waals surface area contributed by atoms with E-state index < -0.39 is 15.8 Å². The zero-order valence-corrected chi connectivity index (χ0v) is 17.9. The number of nitrogens with zero attached hydrogens (tertiary/aromatic N) is 3. The van der Waals surface area contributed by atoms with Crippen molar-refractivity contribution >= 4 is 33.0 Å². The zero-order chi connectivity index (χ0) is 22.2. The number of sulfonamides is 1. The van der Waals surface area contributed by atoms with Gasteiger partial charge in [-0.1, -0.05) is 0 Å². The molecule has 0 aromatic heterocycles. The first-order valence-corrected chi connectivity index (χ1v) is 11.8. The number of benzene rings is 2. The number of carbonyl (C=O) groups excluding carboxylic acids is 1. The molecule has 0 saturated carbocycles. The fourth-order valence-corrected chi connectivity index (χ4v) is 4.69. The van der Waals surface area contributed by atoms with Gasteiger partial charge in [0.05, 0.1) is 16.1 Å². The third kappa shape index (κ3) is 4.45. The highest BCUT2D eigenvalue weighted by molar-refractivity contribution is 7.89. The van der Waals surface area contributed by atoms with Crippen molar-refractivity contribution in [2.24, 2.45) is 5.14 Å². The molecule has 2 fully saturated rings. The molecule has 0 radical (unpaired) electrons. The van der Waals surface area contributed by atoms with E-state index in [1.165, 1.54) is 24.3 Å². The predicted octanol–water partition coefficient (Wildman–Crippen LogP) is 1.62. The van der Waals surface area contributed by atoms with Gasteiger partial charge in [-0.15, -0.1) is 0 Å². The summed E-state index contributed by atoms with van der Waals surface area (Å²) in [5.74, 6) is -0.693. The molecule has 10 heteroatoms. The van der Waals surface area contributed by atoms with Crippen molar-refractivity contribution in [3.63, 3.8) is 0 Å². The van der Waals surface area contributed by atoms with Gasteiger partial charge in [-0.2, -0.15) is 0 Å². The van der Waals surface area contributed by atoms with Gasteiger partial charge >= 0.3 is 0 Å². The highest BCUT2D eigenvalue weighted by atomic mass is 32.2. The molecule has 2 aliphatic rings. The first kappa shape index (κ1) is 21.4. The lowest BCUT2D eigenvalue weighted by Gasteiger charge is -2.36. The summed E-state index contributed by atoms with van der Waals surface area (Å²) in [4.78, 5) is 19.1. The van der Waals surface area contributed by atoms with Crippen LogP contribution in [-0.4, -0.2) is 58.5 Å². The maximum Gasteiger partial charge on any atom is 0.256 e. The minimum Gasteiger partial charge on any atom is -0.396 e. The SMILES string of the molecule is Nc1ccc(N2CCN(C(=O)c3cc(S(N)(=O)=O)ccc3N3CCCC3)CC2)cc1F. The maximum atomic E-state index is 13.8. The van der Waals surface area contributed by atoms with Crippen molar-refractivity contribution < 1.29 is 17.6 Å². The minimum atomic E-state index is -3.93. The van der Waals surface area contributed by atoms with Crippen LogP contribution in [0.1, 0.15) is 23.2 Å². The molecule has 0 aliphatic carbocycles. The molecule has 2 heterocycles. The van der Waals surface area contributed by atoms with E-state index in [1.807, 2.05) is 4.90 Å². The van der Waals surface area contributed by atoms with Crippen molar-refractivity contribution in [1.29, 1.82) is 0 Å². The van der Waals surface area contributed by atoms with Gasteiger partial charge in [0, 0.05) is 50.6 Å². The highest BCUT2D eigenvalue weighted by Gasteiger charge is 2.28. The lowest BCUT2D eigenvalue weighted by atomic mass is 10.1. The molecule has 4 rings (SSSR count). The van der Waals surface area contributed by atoms with Crippen molar-refractivity contribution in [3.8, 4) is 0 Å². The van der Waals surface area contributed by atoms with Crippen LogP contribution in [0.25, 0.3) is 0 Å². The standard InChI is InChI=1S/C21H26FN5O3S/c22-18-13-15(3-5-19(18)23)25-9-11-27(12-10-25)21(28)17-14-16(31(24,29)30)4-6-20(17)26-7-1-2-8-26/h3-6,13-14H,1-2,7-12,23H2,(H2,24,29,30). The van der Waals surface area contributed by atoms with Crippen molar-refractivity contribution in [2.75, 3.05) is 54.8 Å². The minimum absolute atomic E-state index is 0.0743. The van der Waals surface area contributed by atoms with Crippen LogP contribution in [0.2, 0.25) is 0 Å². The van der Waals surface area contributed by atoms with Crippen LogP contribution in [0.3, 0.4) is 0 Å². The third-order valence-electron chi connectivity index (χ3n) is 5.89. The number of nitrogens with two attached hydrogens (primary N) is 2. The molecule has 8 nitrogen and oxygen atoms in total. The second kappa shape index (κ2) is 8.35. The Labute approximate surface area is 181 Å². The maximum absolute atomic E-state index is 13.8. The molecule has 2 aliphatic heterocycles. The molecule has 166 valence electrons. The van der Waals surface area contributed by atoms with E-state index in [-0.39, 0.29) is 16.5 Å². The zero-order valence-electron chi connectivity index (χ0n) is 17.1. The Hall–Kier alpha value is -2.85. The van der Waals surface area contributed by atoms with Crippen molar-refractivity contribution in [3.05, 3.63) is 47.8 Å². The molecule has 2 aromatic carbocycles. The Morgan fingerprint density at radius 2 is 1.58 bits per heavy atom. The summed E-state index contributed by atoms with van der Waals surface area (Å²) in [6.07, 6.45) is 2.06. The topological polar surface area (TPSA) is 113 Å². The van der Waals surface area contributed by atoms with Gasteiger partial charge in [-0.05, 0) is 49.2 Å². The van der Waals surface area contributed by atoms with E-state index in [0.29, 0.717) is 37.4 Å². The summed E-state index contributed by atoms with van der Waals surface area (Å²) in [6.45, 7) is 3.58. The quantitative estimate of drug-likeness (QED) is 0.689. The highest BCUT2D eigenvalue weighted by Crippen LogP contribution is 2.29. The first-order valence-electron chi connectivity index (χ1n) is 10.2. The van der Waals surface area contributed by atoms with Crippen molar-refractivity contribution in [2.45, 2.75) is 17.7 Å². The summed E-state index contributed by atoms with van der Waals surface area (Å²) in [7, 11) is -3.93. The second-order valence-electron chi connectivity index (χ2n) is 7.90. The summed E-state index contributed by atoms with van der Waals surface area (Å²) in [5.41, 5.74) is 7.45. The van der Waals surface area contributed by atoms with Gasteiger partial charge in [0.25, 0.3) is 5.91 Å². The van der Waals surface area contributed by atoms with E-state index >= 15 is 0 Å². The molecule has 2 aromatic rings. The van der Waals surface area contributed by atoms with Gasteiger partial charge in [-0.25, -0.2) is 17.9 Å². The monoisotopic (exact) mass is 447 g/mol. The number of anilines is 3. The Morgan fingerprint density at radius 1 is 0.903 bits per heavy atom. The van der Waals surface area contributed by atoms with Crippen LogP contribution in [0.15, 0.2) is 41.3 Å². The molecule has 0 bridgehead atoms. The largest absolute Gasteiger partial charge is 0.396 e. The molecule has 0 unspecified atom stereocenters. The summed E-state index contributed by atoms with van der Waals surface area (Å²) < 4.78 is 37.5. The Bertz CT molecular complexity index is 1090. The van der Waals surface area contributed by atoms with Crippen LogP contribution in [0, 0.1) is 5.82 Å². The van der Waals surface area contributed by atoms with Gasteiger partial charge in [0.1, 0.15) is 5.82 Å². The number of hydrogen-bond acceptors (Lipinski definition) is 6. The normalized spacial score (nSPS) is 17.3. The number of hydrogen-bond donors (Lipinski definition) is 2. The number of piperazine rings is 1. The number of amides is 1. The molecular weight excluding hydrogens is 421 g/mol. The fraction of sp³-hybridized carbons (Fsp3) is 0.381. The predicted molar refractivity (Wildman–Crippen MR) is 118 cm³/mol. The number of nitrogen functional groups attached to an aromatic ring is 1. The molecule has 4 N–H and O–H groups in total. The Morgan fingerprint density at radius 3 is 2.19 bits per heavy atom.